The van der Waals surface area contributed by atoms with E-state index in [1.54, 1.807) is 13.8 Å². The Morgan fingerprint density at radius 3 is 2.61 bits per heavy atom. The number of carbonyl (C=O) groups excluding carboxylic acids is 1. The van der Waals surface area contributed by atoms with E-state index < -0.39 is 17.3 Å². The summed E-state index contributed by atoms with van der Waals surface area (Å²) in [6.45, 7) is 3.50. The van der Waals surface area contributed by atoms with Crippen LogP contribution in [0.25, 0.3) is 0 Å². The first-order chi connectivity index (χ1) is 8.25. The lowest BCUT2D eigenvalue weighted by atomic mass is 9.99. The largest absolute Gasteiger partial charge is 0.495 e. The van der Waals surface area contributed by atoms with Crippen molar-refractivity contribution in [2.24, 2.45) is 5.73 Å². The zero-order valence-corrected chi connectivity index (χ0v) is 10.7. The number of nitrogens with one attached hydrogen (secondary N) is 1. The number of methoxy groups -OCH3 is 1. The van der Waals surface area contributed by atoms with Crippen LogP contribution in [0.1, 0.15) is 20.3 Å². The molecule has 0 heterocycles. The first-order valence-corrected chi connectivity index (χ1v) is 5.44. The summed E-state index contributed by atoms with van der Waals surface area (Å²) < 4.78 is 18.7. The molecule has 0 aliphatic rings. The standard InChI is InChI=1S/C12H18FN3O2/c1-12(2,6-11(15)17)16-9-5-10(18-3)8(14)4-7(9)13/h4-5,16H,6,14H2,1-3H3,(H2,15,17). The van der Waals surface area contributed by atoms with Crippen molar-refractivity contribution in [3.8, 4) is 5.75 Å². The number of hydrogen-bond donors (Lipinski definition) is 3. The molecule has 100 valence electrons. The number of anilines is 2. The number of amides is 1. The molecule has 0 bridgehead atoms. The van der Waals surface area contributed by atoms with Crippen LogP contribution in [-0.2, 0) is 4.79 Å². The van der Waals surface area contributed by atoms with Gasteiger partial charge in [-0.3, -0.25) is 4.79 Å². The summed E-state index contributed by atoms with van der Waals surface area (Å²) in [5, 5.41) is 2.91. The molecule has 0 atom stereocenters. The third-order valence-corrected chi connectivity index (χ3v) is 2.41. The van der Waals surface area contributed by atoms with Gasteiger partial charge < -0.3 is 21.5 Å². The highest BCUT2D eigenvalue weighted by atomic mass is 19.1. The summed E-state index contributed by atoms with van der Waals surface area (Å²) in [6.07, 6.45) is 0.0825. The molecule has 0 unspecified atom stereocenters. The van der Waals surface area contributed by atoms with Crippen molar-refractivity contribution >= 4 is 17.3 Å². The molecular weight excluding hydrogens is 237 g/mol. The van der Waals surface area contributed by atoms with Crippen LogP contribution in [-0.4, -0.2) is 18.6 Å². The van der Waals surface area contributed by atoms with Gasteiger partial charge in [0.1, 0.15) is 11.6 Å². The molecule has 0 aliphatic heterocycles. The fourth-order valence-electron chi connectivity index (χ4n) is 1.69. The van der Waals surface area contributed by atoms with Crippen LogP contribution >= 0.6 is 0 Å². The molecule has 0 spiro atoms. The molecule has 0 saturated carbocycles. The molecule has 0 fully saturated rings. The number of ether oxygens (including phenoxy) is 1. The van der Waals surface area contributed by atoms with Gasteiger partial charge >= 0.3 is 0 Å². The Morgan fingerprint density at radius 1 is 1.50 bits per heavy atom. The lowest BCUT2D eigenvalue weighted by Gasteiger charge is -2.26. The maximum Gasteiger partial charge on any atom is 0.219 e. The van der Waals surface area contributed by atoms with Gasteiger partial charge in [0, 0.05) is 24.1 Å². The molecule has 18 heavy (non-hydrogen) atoms. The minimum Gasteiger partial charge on any atom is -0.495 e. The van der Waals surface area contributed by atoms with E-state index in [1.165, 1.54) is 19.2 Å². The van der Waals surface area contributed by atoms with Crippen molar-refractivity contribution < 1.29 is 13.9 Å². The fourth-order valence-corrected chi connectivity index (χ4v) is 1.69. The van der Waals surface area contributed by atoms with Gasteiger partial charge in [-0.15, -0.1) is 0 Å². The van der Waals surface area contributed by atoms with Gasteiger partial charge in [-0.05, 0) is 13.8 Å². The Labute approximate surface area is 105 Å². The van der Waals surface area contributed by atoms with E-state index >= 15 is 0 Å². The summed E-state index contributed by atoms with van der Waals surface area (Å²) in [5.74, 6) is -0.602. The van der Waals surface area contributed by atoms with Crippen molar-refractivity contribution in [1.29, 1.82) is 0 Å². The fraction of sp³-hybridized carbons (Fsp3) is 0.417. The Hall–Kier alpha value is -1.98. The average molecular weight is 255 g/mol. The van der Waals surface area contributed by atoms with Crippen LogP contribution in [0.15, 0.2) is 12.1 Å². The highest BCUT2D eigenvalue weighted by Gasteiger charge is 2.22. The SMILES string of the molecule is COc1cc(NC(C)(C)CC(N)=O)c(F)cc1N. The Kier molecular flexibility index (Phi) is 4.00. The third kappa shape index (κ3) is 3.51. The zero-order chi connectivity index (χ0) is 13.9. The van der Waals surface area contributed by atoms with Crippen LogP contribution in [0.5, 0.6) is 5.75 Å². The van der Waals surface area contributed by atoms with Crippen LogP contribution in [0, 0.1) is 5.82 Å². The molecule has 5 nitrogen and oxygen atoms in total. The number of primary amides is 1. The second kappa shape index (κ2) is 5.12. The van der Waals surface area contributed by atoms with E-state index in [9.17, 15) is 9.18 Å². The molecule has 6 heteroatoms. The second-order valence-electron chi connectivity index (χ2n) is 4.73. The summed E-state index contributed by atoms with van der Waals surface area (Å²) >= 11 is 0. The molecule has 1 aromatic carbocycles. The number of benzene rings is 1. The summed E-state index contributed by atoms with van der Waals surface area (Å²) in [5.41, 5.74) is 10.5. The van der Waals surface area contributed by atoms with Crippen molar-refractivity contribution in [3.05, 3.63) is 17.9 Å². The number of nitrogens with two attached hydrogens (primary N) is 2. The maximum absolute atomic E-state index is 13.7. The van der Waals surface area contributed by atoms with Crippen molar-refractivity contribution in [1.82, 2.24) is 0 Å². The van der Waals surface area contributed by atoms with Crippen LogP contribution in [0.2, 0.25) is 0 Å². The molecule has 0 radical (unpaired) electrons. The van der Waals surface area contributed by atoms with E-state index in [0.717, 1.165) is 0 Å². The van der Waals surface area contributed by atoms with Crippen LogP contribution in [0.3, 0.4) is 0 Å². The van der Waals surface area contributed by atoms with Crippen molar-refractivity contribution in [2.45, 2.75) is 25.8 Å². The van der Waals surface area contributed by atoms with Crippen LogP contribution in [0.4, 0.5) is 15.8 Å². The number of nitrogen functional groups attached to an aromatic ring is 1. The van der Waals surface area contributed by atoms with Gasteiger partial charge in [0.15, 0.2) is 0 Å². The maximum atomic E-state index is 13.7. The molecular formula is C12H18FN3O2. The highest BCUT2D eigenvalue weighted by molar-refractivity contribution is 5.76. The first-order valence-electron chi connectivity index (χ1n) is 5.44. The first kappa shape index (κ1) is 14.1. The summed E-state index contributed by atoms with van der Waals surface area (Å²) in [4.78, 5) is 10.9. The number of carbonyl (C=O) groups is 1. The Morgan fingerprint density at radius 2 is 2.11 bits per heavy atom. The van der Waals surface area contributed by atoms with Gasteiger partial charge in [-0.2, -0.15) is 0 Å². The normalized spacial score (nSPS) is 11.1. The van der Waals surface area contributed by atoms with E-state index in [0.29, 0.717) is 5.75 Å². The molecule has 0 aromatic heterocycles. The van der Waals surface area contributed by atoms with E-state index in [-0.39, 0.29) is 17.8 Å². The lowest BCUT2D eigenvalue weighted by Crippen LogP contribution is -2.36. The predicted molar refractivity (Wildman–Crippen MR) is 68.9 cm³/mol. The number of hydrogen-bond acceptors (Lipinski definition) is 4. The lowest BCUT2D eigenvalue weighted by molar-refractivity contribution is -0.118. The monoisotopic (exact) mass is 255 g/mol. The van der Waals surface area contributed by atoms with Crippen molar-refractivity contribution in [3.63, 3.8) is 0 Å². The van der Waals surface area contributed by atoms with Crippen LogP contribution < -0.4 is 21.5 Å². The highest BCUT2D eigenvalue weighted by Crippen LogP contribution is 2.30. The van der Waals surface area contributed by atoms with Gasteiger partial charge in [0.2, 0.25) is 5.91 Å². The number of rotatable bonds is 5. The minimum atomic E-state index is -0.659. The summed E-state index contributed by atoms with van der Waals surface area (Å²) in [7, 11) is 1.45. The van der Waals surface area contributed by atoms with Gasteiger partial charge in [-0.25, -0.2) is 4.39 Å². The van der Waals surface area contributed by atoms with Gasteiger partial charge in [0.25, 0.3) is 0 Å². The molecule has 0 saturated heterocycles. The predicted octanol–water partition coefficient (Wildman–Crippen LogP) is 1.48. The van der Waals surface area contributed by atoms with E-state index in [2.05, 4.69) is 5.32 Å². The van der Waals surface area contributed by atoms with Crippen molar-refractivity contribution in [2.75, 3.05) is 18.2 Å². The van der Waals surface area contributed by atoms with Gasteiger partial charge in [0.05, 0.1) is 18.5 Å². The molecule has 1 aromatic rings. The Bertz CT molecular complexity index is 461. The molecule has 1 rings (SSSR count). The topological polar surface area (TPSA) is 90.4 Å². The number of halogens is 1. The molecule has 0 aliphatic carbocycles. The molecule has 5 N–H and O–H groups in total. The quantitative estimate of drug-likeness (QED) is 0.695. The summed E-state index contributed by atoms with van der Waals surface area (Å²) in [6, 6.07) is 2.62. The minimum absolute atomic E-state index is 0.0825. The third-order valence-electron chi connectivity index (χ3n) is 2.41. The Balaban J connectivity index is 3.00. The second-order valence-corrected chi connectivity index (χ2v) is 4.73. The van der Waals surface area contributed by atoms with E-state index in [4.69, 9.17) is 16.2 Å². The zero-order valence-electron chi connectivity index (χ0n) is 10.7. The molecule has 1 amide bonds. The van der Waals surface area contributed by atoms with E-state index in [1.807, 2.05) is 0 Å². The smallest absolute Gasteiger partial charge is 0.219 e. The average Bonchev–Trinajstić information content (AvgIpc) is 2.19. The van der Waals surface area contributed by atoms with Gasteiger partial charge in [-0.1, -0.05) is 0 Å².